The molecule has 26 heavy (non-hydrogen) atoms. The van der Waals surface area contributed by atoms with Crippen molar-refractivity contribution in [2.24, 2.45) is 5.10 Å². The third-order valence-corrected chi connectivity index (χ3v) is 5.67. The number of hydrogen-bond acceptors (Lipinski definition) is 8. The number of benzene rings is 1. The number of nitrogens with one attached hydrogen (secondary N) is 2. The number of thiazole rings is 1. The van der Waals surface area contributed by atoms with Crippen molar-refractivity contribution in [2.45, 2.75) is 19.9 Å². The van der Waals surface area contributed by atoms with Crippen LogP contribution in [0.4, 0.5) is 5.13 Å². The molecule has 0 fully saturated rings. The van der Waals surface area contributed by atoms with Crippen LogP contribution in [0.5, 0.6) is 0 Å². The minimum Gasteiger partial charge on any atom is -0.544 e. The topological polar surface area (TPSA) is 107 Å². The van der Waals surface area contributed by atoms with E-state index in [1.54, 1.807) is 19.9 Å². The fourth-order valence-electron chi connectivity index (χ4n) is 2.12. The quantitative estimate of drug-likeness (QED) is 0.497. The summed E-state index contributed by atoms with van der Waals surface area (Å²) in [4.78, 5) is 28.2. The van der Waals surface area contributed by atoms with E-state index in [9.17, 15) is 14.7 Å². The molecule has 0 aliphatic carbocycles. The molecule has 3 rings (SSSR count). The van der Waals surface area contributed by atoms with Crippen molar-refractivity contribution in [3.05, 3.63) is 46.2 Å². The van der Waals surface area contributed by atoms with Crippen LogP contribution in [0.15, 0.2) is 41.5 Å². The fraction of sp³-hybridized carbons (Fsp3) is 0.176. The van der Waals surface area contributed by atoms with Crippen molar-refractivity contribution in [3.63, 3.8) is 0 Å². The molecule has 2 heterocycles. The first-order valence-electron chi connectivity index (χ1n) is 7.72. The second-order valence-corrected chi connectivity index (χ2v) is 7.59. The van der Waals surface area contributed by atoms with Gasteiger partial charge in [0.25, 0.3) is 5.91 Å². The van der Waals surface area contributed by atoms with Crippen LogP contribution < -0.4 is 15.8 Å². The SMILES string of the molecule is C/C(=N/NC(=O)[C@@H](C)Nc1nc2ccccc2s1)c1ccc(C(=O)[O-])s1. The zero-order valence-corrected chi connectivity index (χ0v) is 15.6. The van der Waals surface area contributed by atoms with Crippen LogP contribution in [0.25, 0.3) is 10.2 Å². The maximum absolute atomic E-state index is 12.2. The molecule has 0 spiro atoms. The Morgan fingerprint density at radius 1 is 1.15 bits per heavy atom. The Morgan fingerprint density at radius 3 is 2.58 bits per heavy atom. The smallest absolute Gasteiger partial charge is 0.262 e. The molecular weight excluding hydrogens is 372 g/mol. The molecule has 0 aliphatic heterocycles. The maximum atomic E-state index is 12.2. The summed E-state index contributed by atoms with van der Waals surface area (Å²) >= 11 is 2.52. The van der Waals surface area contributed by atoms with Crippen LogP contribution in [-0.2, 0) is 4.79 Å². The van der Waals surface area contributed by atoms with Crippen LogP contribution in [0.3, 0.4) is 0 Å². The second-order valence-electron chi connectivity index (χ2n) is 5.48. The summed E-state index contributed by atoms with van der Waals surface area (Å²) in [6.07, 6.45) is 0. The number of rotatable bonds is 6. The van der Waals surface area contributed by atoms with E-state index in [0.717, 1.165) is 21.6 Å². The van der Waals surface area contributed by atoms with Gasteiger partial charge in [-0.15, -0.1) is 11.3 Å². The molecule has 2 aromatic heterocycles. The number of hydrazone groups is 1. The largest absolute Gasteiger partial charge is 0.544 e. The number of hydrogen-bond donors (Lipinski definition) is 2. The lowest BCUT2D eigenvalue weighted by Gasteiger charge is -2.11. The molecule has 1 amide bonds. The third-order valence-electron chi connectivity index (χ3n) is 3.52. The average molecular weight is 387 g/mol. The van der Waals surface area contributed by atoms with Crippen LogP contribution in [0, 0.1) is 0 Å². The summed E-state index contributed by atoms with van der Waals surface area (Å²) in [5.41, 5.74) is 3.87. The lowest BCUT2D eigenvalue weighted by molar-refractivity contribution is -0.254. The van der Waals surface area contributed by atoms with E-state index < -0.39 is 12.0 Å². The summed E-state index contributed by atoms with van der Waals surface area (Å²) in [7, 11) is 0. The Bertz CT molecular complexity index is 960. The Hall–Kier alpha value is -2.78. The van der Waals surface area contributed by atoms with Crippen molar-refractivity contribution in [2.75, 3.05) is 5.32 Å². The standard InChI is InChI=1S/C17H16N4O3S2/c1-9(12-7-8-14(25-12)16(23)24)20-21-15(22)10(2)18-17-19-11-5-3-4-6-13(11)26-17/h3-8,10H,1-2H3,(H,18,19)(H,21,22)(H,23,24)/p-1/b20-9-/t10-/m1/s1. The summed E-state index contributed by atoms with van der Waals surface area (Å²) in [6, 6.07) is 10.3. The lowest BCUT2D eigenvalue weighted by atomic mass is 10.3. The number of carbonyl (C=O) groups excluding carboxylic acids is 2. The molecule has 0 saturated heterocycles. The monoisotopic (exact) mass is 387 g/mol. The Balaban J connectivity index is 1.61. The number of para-hydroxylation sites is 1. The van der Waals surface area contributed by atoms with Gasteiger partial charge < -0.3 is 15.2 Å². The zero-order valence-electron chi connectivity index (χ0n) is 14.0. The van der Waals surface area contributed by atoms with Crippen molar-refractivity contribution in [3.8, 4) is 0 Å². The van der Waals surface area contributed by atoms with Gasteiger partial charge in [0.2, 0.25) is 0 Å². The van der Waals surface area contributed by atoms with Gasteiger partial charge in [0, 0.05) is 0 Å². The number of thiophene rings is 1. The number of carboxylic acids is 1. The first-order chi connectivity index (χ1) is 12.4. The second kappa shape index (κ2) is 7.63. The molecule has 134 valence electrons. The van der Waals surface area contributed by atoms with E-state index in [4.69, 9.17) is 0 Å². The van der Waals surface area contributed by atoms with Crippen molar-refractivity contribution in [1.82, 2.24) is 10.4 Å². The molecule has 2 N–H and O–H groups in total. The summed E-state index contributed by atoms with van der Waals surface area (Å²) in [5.74, 6) is -1.55. The number of amides is 1. The van der Waals surface area contributed by atoms with Crippen LogP contribution in [0.1, 0.15) is 28.4 Å². The van der Waals surface area contributed by atoms with Crippen molar-refractivity contribution in [1.29, 1.82) is 0 Å². The molecule has 0 bridgehead atoms. The minimum absolute atomic E-state index is 0.117. The van der Waals surface area contributed by atoms with Crippen molar-refractivity contribution < 1.29 is 14.7 Å². The van der Waals surface area contributed by atoms with E-state index in [2.05, 4.69) is 20.8 Å². The summed E-state index contributed by atoms with van der Waals surface area (Å²) in [5, 5.41) is 18.6. The molecule has 0 saturated carbocycles. The number of anilines is 1. The van der Waals surface area contributed by atoms with Gasteiger partial charge in [-0.3, -0.25) is 4.79 Å². The van der Waals surface area contributed by atoms with Gasteiger partial charge in [-0.25, -0.2) is 10.4 Å². The predicted molar refractivity (Wildman–Crippen MR) is 102 cm³/mol. The van der Waals surface area contributed by atoms with Gasteiger partial charge >= 0.3 is 0 Å². The van der Waals surface area contributed by atoms with E-state index in [1.807, 2.05) is 24.3 Å². The first kappa shape index (κ1) is 18.0. The molecule has 0 aliphatic rings. The number of nitrogens with zero attached hydrogens (tertiary/aromatic N) is 2. The van der Waals surface area contributed by atoms with Crippen LogP contribution in [0.2, 0.25) is 0 Å². The number of carbonyl (C=O) groups is 2. The summed E-state index contributed by atoms with van der Waals surface area (Å²) < 4.78 is 1.04. The van der Waals surface area contributed by atoms with Gasteiger partial charge in [0.1, 0.15) is 6.04 Å². The number of aromatic nitrogens is 1. The Kier molecular flexibility index (Phi) is 5.29. The fourth-order valence-corrected chi connectivity index (χ4v) is 3.86. The van der Waals surface area contributed by atoms with Crippen LogP contribution >= 0.6 is 22.7 Å². The highest BCUT2D eigenvalue weighted by molar-refractivity contribution is 7.22. The molecule has 7 nitrogen and oxygen atoms in total. The average Bonchev–Trinajstić information content (AvgIpc) is 3.25. The molecule has 0 unspecified atom stereocenters. The highest BCUT2D eigenvalue weighted by Crippen LogP contribution is 2.25. The third kappa shape index (κ3) is 4.06. The predicted octanol–water partition coefficient (Wildman–Crippen LogP) is 2.06. The van der Waals surface area contributed by atoms with E-state index >= 15 is 0 Å². The molecule has 9 heteroatoms. The number of aromatic carboxylic acids is 1. The van der Waals surface area contributed by atoms with Gasteiger partial charge in [-0.2, -0.15) is 5.10 Å². The molecule has 1 aromatic carbocycles. The van der Waals surface area contributed by atoms with E-state index in [1.165, 1.54) is 17.4 Å². The normalized spacial score (nSPS) is 12.8. The van der Waals surface area contributed by atoms with Gasteiger partial charge in [-0.1, -0.05) is 23.5 Å². The lowest BCUT2D eigenvalue weighted by Crippen LogP contribution is -2.35. The molecule has 3 aromatic rings. The van der Waals surface area contributed by atoms with Gasteiger partial charge in [0.15, 0.2) is 5.13 Å². The Morgan fingerprint density at radius 2 is 1.88 bits per heavy atom. The maximum Gasteiger partial charge on any atom is 0.262 e. The summed E-state index contributed by atoms with van der Waals surface area (Å²) in [6.45, 7) is 3.41. The minimum atomic E-state index is -1.23. The van der Waals surface area contributed by atoms with Gasteiger partial charge in [-0.05, 0) is 38.1 Å². The number of fused-ring (bicyclic) bond motifs is 1. The highest BCUT2D eigenvalue weighted by atomic mass is 32.1. The van der Waals surface area contributed by atoms with Crippen molar-refractivity contribution >= 4 is 55.6 Å². The Labute approximate surface area is 157 Å². The zero-order chi connectivity index (χ0) is 18.7. The van der Waals surface area contributed by atoms with Crippen LogP contribution in [-0.4, -0.2) is 28.6 Å². The first-order valence-corrected chi connectivity index (χ1v) is 9.35. The molecular formula is C17H15N4O3S2-. The van der Waals surface area contributed by atoms with E-state index in [0.29, 0.717) is 15.7 Å². The molecule has 1 atom stereocenters. The van der Waals surface area contributed by atoms with E-state index in [-0.39, 0.29) is 10.8 Å². The van der Waals surface area contributed by atoms with Gasteiger partial charge in [0.05, 0.1) is 31.7 Å². The number of carboxylic acid groups (broad SMARTS) is 1. The highest BCUT2D eigenvalue weighted by Gasteiger charge is 2.14. The molecule has 0 radical (unpaired) electrons.